The van der Waals surface area contributed by atoms with Gasteiger partial charge in [0.15, 0.2) is 0 Å². The fraction of sp³-hybridized carbons (Fsp3) is 0.0357. The molecule has 0 aliphatic heterocycles. The van der Waals surface area contributed by atoms with Crippen LogP contribution in [0.1, 0.15) is 5.56 Å². The van der Waals surface area contributed by atoms with Gasteiger partial charge in [-0.25, -0.2) is 0 Å². The van der Waals surface area contributed by atoms with Crippen molar-refractivity contribution in [1.82, 2.24) is 0 Å². The van der Waals surface area contributed by atoms with Crippen LogP contribution in [-0.2, 0) is 10.0 Å². The molecule has 7 heteroatoms. The van der Waals surface area contributed by atoms with Crippen LogP contribution in [0, 0.1) is 12.7 Å². The van der Waals surface area contributed by atoms with E-state index in [1.165, 1.54) is 22.9 Å². The van der Waals surface area contributed by atoms with Crippen LogP contribution >= 0.6 is 0 Å². The van der Waals surface area contributed by atoms with Crippen LogP contribution in [0.4, 0.5) is 4.39 Å². The van der Waals surface area contributed by atoms with Gasteiger partial charge in [-0.2, -0.15) is 0 Å². The van der Waals surface area contributed by atoms with Crippen LogP contribution in [0.3, 0.4) is 0 Å². The van der Waals surface area contributed by atoms with E-state index < -0.39 is 15.8 Å². The third-order valence-electron chi connectivity index (χ3n) is 5.52. The molecule has 1 aromatic heterocycles. The summed E-state index contributed by atoms with van der Waals surface area (Å²) in [6.07, 6.45) is 1.66. The number of sulfonamides is 1. The summed E-state index contributed by atoms with van der Waals surface area (Å²) in [5.74, 6) is -0.440. The monoisotopic (exact) mass is 548 g/mol. The zero-order valence-corrected chi connectivity index (χ0v) is 21.3. The van der Waals surface area contributed by atoms with Crippen LogP contribution in [0.5, 0.6) is 0 Å². The molecule has 174 valence electrons. The maximum atomic E-state index is 15.2. The normalized spacial score (nSPS) is 11.5. The molecule has 1 heterocycles. The summed E-state index contributed by atoms with van der Waals surface area (Å²) >= 11 is -0.245. The van der Waals surface area contributed by atoms with Crippen molar-refractivity contribution < 1.29 is 17.5 Å². The van der Waals surface area contributed by atoms with Gasteiger partial charge >= 0.3 is 211 Å². The Labute approximate surface area is 210 Å². The molecular formula is C28H21FN2O2SSe. The second-order valence-electron chi connectivity index (χ2n) is 8.00. The molecule has 35 heavy (non-hydrogen) atoms. The van der Waals surface area contributed by atoms with E-state index >= 15 is 4.39 Å². The second-order valence-corrected chi connectivity index (χ2v) is 11.9. The number of rotatable bonds is 6. The van der Waals surface area contributed by atoms with E-state index in [1.54, 1.807) is 36.5 Å². The summed E-state index contributed by atoms with van der Waals surface area (Å²) in [7, 11) is -4.06. The Kier molecular flexibility index (Phi) is 6.39. The summed E-state index contributed by atoms with van der Waals surface area (Å²) < 4.78 is 45.1. The number of halogens is 1. The van der Waals surface area contributed by atoms with Gasteiger partial charge in [0, 0.05) is 0 Å². The number of aryl methyl sites for hydroxylation is 1. The number of pyridine rings is 1. The molecule has 0 radical (unpaired) electrons. The van der Waals surface area contributed by atoms with Gasteiger partial charge in [0.25, 0.3) is 0 Å². The van der Waals surface area contributed by atoms with Crippen molar-refractivity contribution in [2.24, 2.45) is 0 Å². The van der Waals surface area contributed by atoms with E-state index in [9.17, 15) is 8.42 Å². The molecule has 0 spiro atoms. The average Bonchev–Trinajstić information content (AvgIpc) is 2.85. The summed E-state index contributed by atoms with van der Waals surface area (Å²) in [5, 5.41) is 1.76. The Bertz CT molecular complexity index is 1620. The first-order valence-corrected chi connectivity index (χ1v) is 14.1. The van der Waals surface area contributed by atoms with E-state index in [0.29, 0.717) is 11.3 Å². The van der Waals surface area contributed by atoms with Gasteiger partial charge in [0.05, 0.1) is 0 Å². The van der Waals surface area contributed by atoms with Crippen molar-refractivity contribution in [3.8, 4) is 11.3 Å². The third kappa shape index (κ3) is 4.84. The van der Waals surface area contributed by atoms with Crippen molar-refractivity contribution in [3.05, 3.63) is 126 Å². The predicted octanol–water partition coefficient (Wildman–Crippen LogP) is 4.42. The molecule has 0 saturated carbocycles. The number of aromatic nitrogens is 1. The van der Waals surface area contributed by atoms with Crippen molar-refractivity contribution in [3.63, 3.8) is 0 Å². The van der Waals surface area contributed by atoms with Gasteiger partial charge < -0.3 is 0 Å². The van der Waals surface area contributed by atoms with Crippen molar-refractivity contribution in [2.75, 3.05) is 0 Å². The number of nitrogens with zero attached hydrogens (tertiary/aromatic N) is 2. The SMILES string of the molecule is Cc1ccc(S(=O)(=O)[N-][n+]2cc3ccccc3c([Se]c3ccccc3)c2-c2ccccc2F)cc1. The second kappa shape index (κ2) is 9.62. The number of hydrogen-bond acceptors (Lipinski definition) is 2. The van der Waals surface area contributed by atoms with E-state index in [2.05, 4.69) is 4.83 Å². The zero-order valence-electron chi connectivity index (χ0n) is 18.8. The van der Waals surface area contributed by atoms with Gasteiger partial charge in [-0.15, -0.1) is 0 Å². The first kappa shape index (κ1) is 23.2. The average molecular weight is 548 g/mol. The molecule has 0 saturated heterocycles. The van der Waals surface area contributed by atoms with E-state index in [1.807, 2.05) is 61.5 Å². The predicted molar refractivity (Wildman–Crippen MR) is 138 cm³/mol. The van der Waals surface area contributed by atoms with Crippen LogP contribution in [0.15, 0.2) is 114 Å². The fourth-order valence-electron chi connectivity index (χ4n) is 3.79. The van der Waals surface area contributed by atoms with Crippen LogP contribution in [0.25, 0.3) is 26.9 Å². The molecule has 4 nitrogen and oxygen atoms in total. The van der Waals surface area contributed by atoms with Gasteiger partial charge in [0.1, 0.15) is 0 Å². The number of fused-ring (bicyclic) bond motifs is 1. The molecule has 0 unspecified atom stereocenters. The third-order valence-corrected chi connectivity index (χ3v) is 9.14. The Morgan fingerprint density at radius 3 is 2.20 bits per heavy atom. The van der Waals surface area contributed by atoms with Crippen molar-refractivity contribution >= 4 is 44.7 Å². The number of benzene rings is 4. The molecular weight excluding hydrogens is 526 g/mol. The van der Waals surface area contributed by atoms with Gasteiger partial charge in [0.2, 0.25) is 0 Å². The van der Waals surface area contributed by atoms with Crippen LogP contribution < -0.4 is 13.6 Å². The molecule has 0 atom stereocenters. The summed E-state index contributed by atoms with van der Waals surface area (Å²) in [4.78, 5) is 4.27. The Hall–Kier alpha value is -3.51. The maximum absolute atomic E-state index is 15.2. The molecule has 0 bridgehead atoms. The molecule has 0 aliphatic carbocycles. The van der Waals surface area contributed by atoms with Crippen molar-refractivity contribution in [2.45, 2.75) is 11.8 Å². The molecule has 0 amide bonds. The zero-order chi connectivity index (χ0) is 24.4. The topological polar surface area (TPSA) is 52.1 Å². The molecule has 5 rings (SSSR count). The summed E-state index contributed by atoms with van der Waals surface area (Å²) in [5.41, 5.74) is 1.68. The van der Waals surface area contributed by atoms with Crippen LogP contribution in [-0.4, -0.2) is 23.4 Å². The van der Waals surface area contributed by atoms with Gasteiger partial charge in [-0.3, -0.25) is 0 Å². The number of hydrogen-bond donors (Lipinski definition) is 0. The Morgan fingerprint density at radius 2 is 1.46 bits per heavy atom. The molecule has 0 N–H and O–H groups in total. The first-order valence-electron chi connectivity index (χ1n) is 10.9. The fourth-order valence-corrected chi connectivity index (χ4v) is 7.09. The van der Waals surface area contributed by atoms with Crippen molar-refractivity contribution in [1.29, 1.82) is 0 Å². The molecule has 0 fully saturated rings. The standard InChI is InChI=1S/C28H21FN2O2SSe/c1-20-15-17-22(18-16-20)34(32,33)30-31-19-21-9-5-6-12-24(21)28(35-23-10-3-2-4-11-23)27(31)25-13-7-8-14-26(25)29/h2-19H,1H3. The summed E-state index contributed by atoms with van der Waals surface area (Å²) in [6, 6.07) is 30.6. The molecule has 4 aromatic carbocycles. The molecule has 0 aliphatic rings. The van der Waals surface area contributed by atoms with Gasteiger partial charge in [-0.05, 0) is 0 Å². The van der Waals surface area contributed by atoms with E-state index in [-0.39, 0.29) is 19.9 Å². The first-order chi connectivity index (χ1) is 16.9. The Balaban J connectivity index is 1.78. The summed E-state index contributed by atoms with van der Waals surface area (Å²) in [6.45, 7) is 1.89. The molecule has 5 aromatic rings. The van der Waals surface area contributed by atoms with E-state index in [0.717, 1.165) is 25.3 Å². The van der Waals surface area contributed by atoms with E-state index in [4.69, 9.17) is 0 Å². The Morgan fingerprint density at radius 1 is 0.800 bits per heavy atom. The van der Waals surface area contributed by atoms with Crippen LogP contribution in [0.2, 0.25) is 0 Å². The quantitative estimate of drug-likeness (QED) is 0.234. The minimum atomic E-state index is -4.06. The minimum absolute atomic E-state index is 0.0818. The van der Waals surface area contributed by atoms with Gasteiger partial charge in [-0.1, -0.05) is 0 Å².